The molecule has 0 aliphatic heterocycles. The van der Waals surface area contributed by atoms with Gasteiger partial charge in [-0.3, -0.25) is 0 Å². The van der Waals surface area contributed by atoms with Crippen molar-refractivity contribution in [3.8, 4) is 0 Å². The van der Waals surface area contributed by atoms with Gasteiger partial charge in [0.15, 0.2) is 0 Å². The van der Waals surface area contributed by atoms with Crippen molar-refractivity contribution in [3.63, 3.8) is 0 Å². The van der Waals surface area contributed by atoms with Crippen molar-refractivity contribution in [2.75, 3.05) is 6.61 Å². The fraction of sp³-hybridized carbons (Fsp3) is 0.500. The van der Waals surface area contributed by atoms with E-state index in [9.17, 15) is 9.59 Å². The third kappa shape index (κ3) is 3.97. The third-order valence-corrected chi connectivity index (χ3v) is 3.67. The summed E-state index contributed by atoms with van der Waals surface area (Å²) in [5, 5.41) is 2.67. The maximum atomic E-state index is 12.1. The predicted molar refractivity (Wildman–Crippen MR) is 77.5 cm³/mol. The molecular weight excluding hydrogens is 270 g/mol. The minimum atomic E-state index is -0.996. The van der Waals surface area contributed by atoms with Gasteiger partial charge in [-0.15, -0.1) is 0 Å². The highest BCUT2D eigenvalue weighted by Gasteiger charge is 2.49. The maximum Gasteiger partial charge on any atom is 0.408 e. The van der Waals surface area contributed by atoms with Crippen LogP contribution < -0.4 is 5.32 Å². The van der Waals surface area contributed by atoms with Crippen LogP contribution in [0.15, 0.2) is 30.3 Å². The van der Waals surface area contributed by atoms with Gasteiger partial charge in [-0.2, -0.15) is 0 Å². The van der Waals surface area contributed by atoms with Gasteiger partial charge in [0.2, 0.25) is 0 Å². The largest absolute Gasteiger partial charge is 0.464 e. The molecule has 1 saturated carbocycles. The van der Waals surface area contributed by atoms with Crippen LogP contribution in [0.2, 0.25) is 0 Å². The van der Waals surface area contributed by atoms with Gasteiger partial charge < -0.3 is 14.8 Å². The average molecular weight is 291 g/mol. The van der Waals surface area contributed by atoms with E-state index in [2.05, 4.69) is 5.32 Å². The van der Waals surface area contributed by atoms with Crippen LogP contribution >= 0.6 is 0 Å². The van der Waals surface area contributed by atoms with Gasteiger partial charge in [-0.25, -0.2) is 9.59 Å². The Morgan fingerprint density at radius 2 is 1.90 bits per heavy atom. The highest BCUT2D eigenvalue weighted by atomic mass is 16.6. The summed E-state index contributed by atoms with van der Waals surface area (Å²) in [4.78, 5) is 24.0. The third-order valence-electron chi connectivity index (χ3n) is 3.67. The molecule has 5 heteroatoms. The number of esters is 1. The molecule has 0 radical (unpaired) electrons. The van der Waals surface area contributed by atoms with Crippen molar-refractivity contribution in [1.29, 1.82) is 0 Å². The minimum absolute atomic E-state index is 0.126. The van der Waals surface area contributed by atoms with Crippen LogP contribution in [0.5, 0.6) is 0 Å². The van der Waals surface area contributed by atoms with Crippen molar-refractivity contribution in [3.05, 3.63) is 35.9 Å². The Morgan fingerprint density at radius 3 is 2.48 bits per heavy atom. The van der Waals surface area contributed by atoms with Crippen LogP contribution in [0, 0.1) is 5.92 Å². The first-order valence-corrected chi connectivity index (χ1v) is 7.22. The van der Waals surface area contributed by atoms with E-state index >= 15 is 0 Å². The van der Waals surface area contributed by atoms with Crippen molar-refractivity contribution < 1.29 is 19.1 Å². The molecule has 2 rings (SSSR count). The molecule has 1 aromatic carbocycles. The monoisotopic (exact) mass is 291 g/mol. The second-order valence-electron chi connectivity index (χ2n) is 5.38. The van der Waals surface area contributed by atoms with E-state index in [4.69, 9.17) is 9.47 Å². The van der Waals surface area contributed by atoms with E-state index in [-0.39, 0.29) is 12.5 Å². The van der Waals surface area contributed by atoms with Gasteiger partial charge in [-0.1, -0.05) is 30.3 Å². The molecule has 0 saturated heterocycles. The summed E-state index contributed by atoms with van der Waals surface area (Å²) in [6.45, 7) is 3.92. The highest BCUT2D eigenvalue weighted by molar-refractivity contribution is 5.86. The van der Waals surface area contributed by atoms with Gasteiger partial charge >= 0.3 is 12.1 Å². The van der Waals surface area contributed by atoms with E-state index < -0.39 is 17.6 Å². The van der Waals surface area contributed by atoms with Gasteiger partial charge in [0.1, 0.15) is 12.1 Å². The summed E-state index contributed by atoms with van der Waals surface area (Å²) in [5.74, 6) is -0.273. The minimum Gasteiger partial charge on any atom is -0.464 e. The maximum absolute atomic E-state index is 12.1. The lowest BCUT2D eigenvalue weighted by Gasteiger charge is -2.27. The Bertz CT molecular complexity index is 498. The van der Waals surface area contributed by atoms with Crippen LogP contribution in [0.3, 0.4) is 0 Å². The first kappa shape index (κ1) is 15.4. The number of carbonyl (C=O) groups is 2. The molecule has 1 amide bonds. The number of carbonyl (C=O) groups excluding carboxylic acids is 2. The van der Waals surface area contributed by atoms with E-state index in [1.165, 1.54) is 0 Å². The predicted octanol–water partition coefficient (Wildman–Crippen LogP) is 2.64. The molecule has 0 heterocycles. The molecule has 0 bridgehead atoms. The Kier molecular flexibility index (Phi) is 4.83. The van der Waals surface area contributed by atoms with Crippen LogP contribution in [-0.4, -0.2) is 24.2 Å². The number of ether oxygens (including phenoxy) is 2. The van der Waals surface area contributed by atoms with Crippen LogP contribution in [0.25, 0.3) is 0 Å². The average Bonchev–Trinajstić information content (AvgIpc) is 3.31. The van der Waals surface area contributed by atoms with Crippen LogP contribution in [-0.2, 0) is 20.9 Å². The lowest BCUT2D eigenvalue weighted by molar-refractivity contribution is -0.151. The first-order chi connectivity index (χ1) is 10.1. The second-order valence-corrected chi connectivity index (χ2v) is 5.38. The quantitative estimate of drug-likeness (QED) is 0.818. The van der Waals surface area contributed by atoms with Crippen molar-refractivity contribution in [2.45, 2.75) is 38.8 Å². The molecule has 21 heavy (non-hydrogen) atoms. The molecule has 1 aliphatic rings. The molecule has 114 valence electrons. The van der Waals surface area contributed by atoms with Gasteiger partial charge in [0.25, 0.3) is 0 Å². The van der Waals surface area contributed by atoms with E-state index in [1.807, 2.05) is 30.3 Å². The number of amides is 1. The zero-order valence-corrected chi connectivity index (χ0v) is 12.4. The second kappa shape index (κ2) is 6.61. The number of rotatable bonds is 6. The SMILES string of the molecule is CCOC(=O)C(C)(NC(=O)OCc1ccccc1)C1CC1. The number of hydrogen-bond donors (Lipinski definition) is 1. The molecule has 1 unspecified atom stereocenters. The molecular formula is C16H21NO4. The zero-order chi connectivity index (χ0) is 15.3. The number of nitrogens with one attached hydrogen (secondary N) is 1. The molecule has 5 nitrogen and oxygen atoms in total. The number of benzene rings is 1. The highest BCUT2D eigenvalue weighted by Crippen LogP contribution is 2.40. The molecule has 1 N–H and O–H groups in total. The molecule has 0 aromatic heterocycles. The molecule has 1 fully saturated rings. The topological polar surface area (TPSA) is 64.6 Å². The summed E-state index contributed by atoms with van der Waals surface area (Å²) in [7, 11) is 0. The summed E-state index contributed by atoms with van der Waals surface area (Å²) in [6, 6.07) is 9.40. The Morgan fingerprint density at radius 1 is 1.24 bits per heavy atom. The van der Waals surface area contributed by atoms with E-state index in [1.54, 1.807) is 13.8 Å². The standard InChI is InChI=1S/C16H21NO4/c1-3-20-14(18)16(2,13-9-10-13)17-15(19)21-11-12-7-5-4-6-8-12/h4-8,13H,3,9-11H2,1-2H3,(H,17,19). The fourth-order valence-corrected chi connectivity index (χ4v) is 2.23. The Balaban J connectivity index is 1.91. The van der Waals surface area contributed by atoms with E-state index in [0.29, 0.717) is 6.61 Å². The van der Waals surface area contributed by atoms with Crippen molar-refractivity contribution in [2.24, 2.45) is 5.92 Å². The molecule has 1 aromatic rings. The lowest BCUT2D eigenvalue weighted by Crippen LogP contribution is -2.54. The molecule has 0 spiro atoms. The fourth-order valence-electron chi connectivity index (χ4n) is 2.23. The number of alkyl carbamates (subject to hydrolysis) is 1. The molecule has 1 aliphatic carbocycles. The summed E-state index contributed by atoms with van der Waals surface area (Å²) in [5.41, 5.74) is -0.0963. The normalized spacial score (nSPS) is 16.7. The zero-order valence-electron chi connectivity index (χ0n) is 12.4. The summed E-state index contributed by atoms with van der Waals surface area (Å²) in [6.07, 6.45) is 1.23. The van der Waals surface area contributed by atoms with Gasteiger partial charge in [0, 0.05) is 0 Å². The summed E-state index contributed by atoms with van der Waals surface area (Å²) >= 11 is 0. The van der Waals surface area contributed by atoms with Crippen LogP contribution in [0.4, 0.5) is 4.79 Å². The molecule has 1 atom stereocenters. The van der Waals surface area contributed by atoms with Gasteiger partial charge in [0.05, 0.1) is 6.61 Å². The number of hydrogen-bond acceptors (Lipinski definition) is 4. The van der Waals surface area contributed by atoms with Crippen LogP contribution in [0.1, 0.15) is 32.3 Å². The van der Waals surface area contributed by atoms with Crippen molar-refractivity contribution >= 4 is 12.1 Å². The van der Waals surface area contributed by atoms with Gasteiger partial charge in [-0.05, 0) is 38.2 Å². The van der Waals surface area contributed by atoms with Crippen molar-refractivity contribution in [1.82, 2.24) is 5.32 Å². The Hall–Kier alpha value is -2.04. The smallest absolute Gasteiger partial charge is 0.408 e. The first-order valence-electron chi connectivity index (χ1n) is 7.22. The van der Waals surface area contributed by atoms with E-state index in [0.717, 1.165) is 18.4 Å². The summed E-state index contributed by atoms with van der Waals surface area (Å²) < 4.78 is 10.2. The Labute approximate surface area is 124 Å². The lowest BCUT2D eigenvalue weighted by atomic mass is 9.96.